The lowest BCUT2D eigenvalue weighted by atomic mass is 10.2. The number of unbranched alkanes of at least 4 members (excludes halogenated alkanes) is 1. The number of nitrogens with one attached hydrogen (secondary N) is 1. The number of hydrogen-bond acceptors (Lipinski definition) is 6. The molecule has 0 aliphatic carbocycles. The van der Waals surface area contributed by atoms with Gasteiger partial charge in [0.05, 0.1) is 12.0 Å². The molecule has 1 aromatic heterocycles. The van der Waals surface area contributed by atoms with Crippen LogP contribution in [0.4, 0.5) is 11.6 Å². The highest BCUT2D eigenvalue weighted by Crippen LogP contribution is 2.23. The van der Waals surface area contributed by atoms with Gasteiger partial charge in [0, 0.05) is 13.6 Å². The Hall–Kier alpha value is -2.35. The van der Waals surface area contributed by atoms with Gasteiger partial charge in [-0.1, -0.05) is 13.3 Å². The fraction of sp³-hybridized carbons (Fsp3) is 0.412. The van der Waals surface area contributed by atoms with Gasteiger partial charge in [0.15, 0.2) is 11.6 Å². The van der Waals surface area contributed by atoms with Crippen molar-refractivity contribution in [3.05, 3.63) is 35.9 Å². The van der Waals surface area contributed by atoms with E-state index in [1.54, 1.807) is 38.3 Å². The molecule has 0 radical (unpaired) electrons. The van der Waals surface area contributed by atoms with Crippen molar-refractivity contribution in [2.75, 3.05) is 30.3 Å². The molecule has 0 spiro atoms. The SMILES string of the molecule is CCCCN(C)c1ccc(NS(=O)(=O)c2ccc(OC)c(C)c2)nn1. The Balaban J connectivity index is 2.14. The molecule has 0 bridgehead atoms. The van der Waals surface area contributed by atoms with Crippen LogP contribution in [0.15, 0.2) is 35.2 Å². The summed E-state index contributed by atoms with van der Waals surface area (Å²) < 4.78 is 32.6. The minimum absolute atomic E-state index is 0.150. The predicted molar refractivity (Wildman–Crippen MR) is 98.7 cm³/mol. The molecule has 25 heavy (non-hydrogen) atoms. The van der Waals surface area contributed by atoms with Gasteiger partial charge in [-0.15, -0.1) is 10.2 Å². The van der Waals surface area contributed by atoms with E-state index in [9.17, 15) is 8.42 Å². The van der Waals surface area contributed by atoms with Crippen LogP contribution in [-0.4, -0.2) is 39.3 Å². The van der Waals surface area contributed by atoms with Gasteiger partial charge in [0.1, 0.15) is 5.75 Å². The Morgan fingerprint density at radius 1 is 1.20 bits per heavy atom. The maximum Gasteiger partial charge on any atom is 0.263 e. The van der Waals surface area contributed by atoms with Gasteiger partial charge in [-0.05, 0) is 49.2 Å². The van der Waals surface area contributed by atoms with E-state index in [0.29, 0.717) is 11.6 Å². The average Bonchev–Trinajstić information content (AvgIpc) is 2.59. The molecule has 1 heterocycles. The lowest BCUT2D eigenvalue weighted by Crippen LogP contribution is -2.20. The fourth-order valence-electron chi connectivity index (χ4n) is 2.31. The maximum atomic E-state index is 12.5. The highest BCUT2D eigenvalue weighted by atomic mass is 32.2. The summed E-state index contributed by atoms with van der Waals surface area (Å²) in [6.45, 7) is 4.79. The summed E-state index contributed by atoms with van der Waals surface area (Å²) in [5.74, 6) is 1.52. The van der Waals surface area contributed by atoms with E-state index in [1.165, 1.54) is 6.07 Å². The van der Waals surface area contributed by atoms with Gasteiger partial charge < -0.3 is 9.64 Å². The molecule has 1 aromatic carbocycles. The molecule has 2 aromatic rings. The van der Waals surface area contributed by atoms with Crippen molar-refractivity contribution >= 4 is 21.7 Å². The van der Waals surface area contributed by atoms with Crippen LogP contribution < -0.4 is 14.4 Å². The summed E-state index contributed by atoms with van der Waals surface area (Å²) in [6.07, 6.45) is 2.15. The molecule has 0 aliphatic heterocycles. The molecule has 0 saturated carbocycles. The number of ether oxygens (including phenoxy) is 1. The van der Waals surface area contributed by atoms with Gasteiger partial charge in [-0.2, -0.15) is 0 Å². The molecule has 1 N–H and O–H groups in total. The minimum Gasteiger partial charge on any atom is -0.496 e. The van der Waals surface area contributed by atoms with Gasteiger partial charge in [-0.3, -0.25) is 4.72 Å². The van der Waals surface area contributed by atoms with E-state index >= 15 is 0 Å². The maximum absolute atomic E-state index is 12.5. The van der Waals surface area contributed by atoms with Crippen LogP contribution in [0, 0.1) is 6.92 Å². The Labute approximate surface area is 149 Å². The smallest absolute Gasteiger partial charge is 0.263 e. The number of benzene rings is 1. The third kappa shape index (κ3) is 4.82. The van der Waals surface area contributed by atoms with Crippen LogP contribution in [0.5, 0.6) is 5.75 Å². The predicted octanol–water partition coefficient (Wildman–Crippen LogP) is 2.83. The normalized spacial score (nSPS) is 11.2. The number of nitrogens with zero attached hydrogens (tertiary/aromatic N) is 3. The molecular formula is C17H24N4O3S. The quantitative estimate of drug-likeness (QED) is 0.775. The van der Waals surface area contributed by atoms with Crippen molar-refractivity contribution in [2.45, 2.75) is 31.6 Å². The van der Waals surface area contributed by atoms with Gasteiger partial charge in [0.25, 0.3) is 10.0 Å². The molecule has 8 heteroatoms. The standard InChI is InChI=1S/C17H24N4O3S/c1-5-6-11-21(3)17-10-9-16(18-19-17)20-25(22,23)14-7-8-15(24-4)13(2)12-14/h7-10,12H,5-6,11H2,1-4H3,(H,18,20). The number of sulfonamides is 1. The summed E-state index contributed by atoms with van der Waals surface area (Å²) in [5, 5.41) is 8.05. The van der Waals surface area contributed by atoms with Crippen molar-refractivity contribution in [2.24, 2.45) is 0 Å². The highest BCUT2D eigenvalue weighted by Gasteiger charge is 2.16. The van der Waals surface area contributed by atoms with E-state index < -0.39 is 10.0 Å². The highest BCUT2D eigenvalue weighted by molar-refractivity contribution is 7.92. The number of aromatic nitrogens is 2. The topological polar surface area (TPSA) is 84.4 Å². The number of aryl methyl sites for hydroxylation is 1. The number of anilines is 2. The first-order chi connectivity index (χ1) is 11.9. The molecule has 0 saturated heterocycles. The van der Waals surface area contributed by atoms with Crippen molar-refractivity contribution in [3.63, 3.8) is 0 Å². The molecule has 0 amide bonds. The Kier molecular flexibility index (Phi) is 6.19. The van der Waals surface area contributed by atoms with E-state index in [1.807, 2.05) is 11.9 Å². The van der Waals surface area contributed by atoms with Crippen molar-refractivity contribution < 1.29 is 13.2 Å². The zero-order valence-corrected chi connectivity index (χ0v) is 15.8. The molecule has 0 unspecified atom stereocenters. The first-order valence-corrected chi connectivity index (χ1v) is 9.58. The zero-order valence-electron chi connectivity index (χ0n) is 15.0. The van der Waals surface area contributed by atoms with Gasteiger partial charge >= 0.3 is 0 Å². The number of methoxy groups -OCH3 is 1. The Morgan fingerprint density at radius 2 is 1.96 bits per heavy atom. The summed E-state index contributed by atoms with van der Waals surface area (Å²) in [6, 6.07) is 8.04. The molecule has 2 rings (SSSR count). The lowest BCUT2D eigenvalue weighted by molar-refractivity contribution is 0.411. The second-order valence-corrected chi connectivity index (χ2v) is 7.47. The summed E-state index contributed by atoms with van der Waals surface area (Å²) in [5.41, 5.74) is 0.740. The minimum atomic E-state index is -3.73. The first kappa shape index (κ1) is 19.0. The second-order valence-electron chi connectivity index (χ2n) is 5.79. The van der Waals surface area contributed by atoms with Crippen molar-refractivity contribution in [1.29, 1.82) is 0 Å². The van der Waals surface area contributed by atoms with Crippen LogP contribution in [0.2, 0.25) is 0 Å². The Bertz CT molecular complexity index is 807. The molecule has 136 valence electrons. The third-order valence-electron chi connectivity index (χ3n) is 3.80. The Morgan fingerprint density at radius 3 is 2.52 bits per heavy atom. The number of hydrogen-bond donors (Lipinski definition) is 1. The average molecular weight is 364 g/mol. The molecule has 0 aliphatic rings. The number of rotatable bonds is 8. The monoisotopic (exact) mass is 364 g/mol. The van der Waals surface area contributed by atoms with E-state index in [0.717, 1.165) is 24.9 Å². The fourth-order valence-corrected chi connectivity index (χ4v) is 3.39. The largest absolute Gasteiger partial charge is 0.496 e. The summed E-state index contributed by atoms with van der Waals surface area (Å²) >= 11 is 0. The van der Waals surface area contributed by atoms with Crippen LogP contribution in [0.25, 0.3) is 0 Å². The van der Waals surface area contributed by atoms with Crippen molar-refractivity contribution in [3.8, 4) is 5.75 Å². The second kappa shape index (κ2) is 8.15. The van der Waals surface area contributed by atoms with Crippen LogP contribution in [-0.2, 0) is 10.0 Å². The van der Waals surface area contributed by atoms with Crippen LogP contribution >= 0.6 is 0 Å². The summed E-state index contributed by atoms with van der Waals surface area (Å²) in [7, 11) is -0.251. The van der Waals surface area contributed by atoms with Crippen LogP contribution in [0.1, 0.15) is 25.3 Å². The molecule has 0 atom stereocenters. The van der Waals surface area contributed by atoms with Crippen molar-refractivity contribution in [1.82, 2.24) is 10.2 Å². The van der Waals surface area contributed by atoms with Crippen LogP contribution in [0.3, 0.4) is 0 Å². The lowest BCUT2D eigenvalue weighted by Gasteiger charge is -2.17. The third-order valence-corrected chi connectivity index (χ3v) is 5.16. The first-order valence-electron chi connectivity index (χ1n) is 8.09. The van der Waals surface area contributed by atoms with Gasteiger partial charge in [0.2, 0.25) is 0 Å². The summed E-state index contributed by atoms with van der Waals surface area (Å²) in [4.78, 5) is 2.14. The zero-order chi connectivity index (χ0) is 18.4. The molecule has 0 fully saturated rings. The van der Waals surface area contributed by atoms with E-state index in [-0.39, 0.29) is 10.7 Å². The van der Waals surface area contributed by atoms with E-state index in [2.05, 4.69) is 21.8 Å². The van der Waals surface area contributed by atoms with E-state index in [4.69, 9.17) is 4.74 Å². The van der Waals surface area contributed by atoms with Gasteiger partial charge in [-0.25, -0.2) is 8.42 Å². The molecule has 7 nitrogen and oxygen atoms in total. The molecular weight excluding hydrogens is 340 g/mol.